The van der Waals surface area contributed by atoms with Crippen LogP contribution in [-0.2, 0) is 10.0 Å². The lowest BCUT2D eigenvalue weighted by Crippen LogP contribution is -2.30. The van der Waals surface area contributed by atoms with Crippen LogP contribution in [0.2, 0.25) is 0 Å². The molecule has 0 aliphatic heterocycles. The Labute approximate surface area is 117 Å². The molecule has 0 fully saturated rings. The van der Waals surface area contributed by atoms with Crippen LogP contribution in [0.4, 0.5) is 0 Å². The van der Waals surface area contributed by atoms with Gasteiger partial charge in [0.15, 0.2) is 0 Å². The van der Waals surface area contributed by atoms with Gasteiger partial charge in [0.1, 0.15) is 11.3 Å². The second-order valence-electron chi connectivity index (χ2n) is 4.10. The lowest BCUT2D eigenvalue weighted by molar-refractivity contribution is 0.0692. The van der Waals surface area contributed by atoms with Crippen molar-refractivity contribution in [3.8, 4) is 5.75 Å². The number of rotatable bonds is 7. The summed E-state index contributed by atoms with van der Waals surface area (Å²) in [4.78, 5) is 10.9. The van der Waals surface area contributed by atoms with Gasteiger partial charge >= 0.3 is 5.97 Å². The maximum absolute atomic E-state index is 11.9. The number of aliphatic hydroxyl groups is 1. The average Bonchev–Trinajstić information content (AvgIpc) is 2.37. The van der Waals surface area contributed by atoms with Gasteiger partial charge in [0.25, 0.3) is 0 Å². The van der Waals surface area contributed by atoms with Gasteiger partial charge in [-0.2, -0.15) is 0 Å². The SMILES string of the molecule is CCOc1ccc(S(=O)(=O)NCC(C)O)cc1C(=O)O. The first-order chi connectivity index (χ1) is 9.27. The highest BCUT2D eigenvalue weighted by Crippen LogP contribution is 2.22. The van der Waals surface area contributed by atoms with E-state index in [1.54, 1.807) is 6.92 Å². The van der Waals surface area contributed by atoms with E-state index in [4.69, 9.17) is 14.9 Å². The first-order valence-electron chi connectivity index (χ1n) is 5.95. The summed E-state index contributed by atoms with van der Waals surface area (Å²) in [6, 6.07) is 3.57. The summed E-state index contributed by atoms with van der Waals surface area (Å²) < 4.78 is 31.2. The van der Waals surface area contributed by atoms with Crippen LogP contribution < -0.4 is 9.46 Å². The van der Waals surface area contributed by atoms with E-state index in [1.165, 1.54) is 19.1 Å². The number of ether oxygens (including phenoxy) is 1. The Bertz CT molecular complexity index is 582. The van der Waals surface area contributed by atoms with Gasteiger partial charge in [-0.1, -0.05) is 0 Å². The van der Waals surface area contributed by atoms with Crippen LogP contribution in [-0.4, -0.2) is 43.9 Å². The zero-order valence-corrected chi connectivity index (χ0v) is 12.0. The number of benzene rings is 1. The molecule has 3 N–H and O–H groups in total. The molecule has 1 aromatic rings. The van der Waals surface area contributed by atoms with Gasteiger partial charge in [0, 0.05) is 6.54 Å². The minimum Gasteiger partial charge on any atom is -0.493 e. The fraction of sp³-hybridized carbons (Fsp3) is 0.417. The van der Waals surface area contributed by atoms with Gasteiger partial charge in [-0.3, -0.25) is 0 Å². The summed E-state index contributed by atoms with van der Waals surface area (Å²) in [6.45, 7) is 3.24. The monoisotopic (exact) mass is 303 g/mol. The molecular weight excluding hydrogens is 286 g/mol. The molecule has 0 radical (unpaired) electrons. The smallest absolute Gasteiger partial charge is 0.339 e. The van der Waals surface area contributed by atoms with Crippen LogP contribution in [0, 0.1) is 0 Å². The van der Waals surface area contributed by atoms with Crippen LogP contribution in [0.15, 0.2) is 23.1 Å². The largest absolute Gasteiger partial charge is 0.493 e. The Morgan fingerprint density at radius 1 is 1.45 bits per heavy atom. The highest BCUT2D eigenvalue weighted by atomic mass is 32.2. The maximum Gasteiger partial charge on any atom is 0.339 e. The summed E-state index contributed by atoms with van der Waals surface area (Å²) >= 11 is 0. The molecule has 0 aliphatic rings. The number of sulfonamides is 1. The van der Waals surface area contributed by atoms with E-state index < -0.39 is 22.1 Å². The van der Waals surface area contributed by atoms with Crippen LogP contribution >= 0.6 is 0 Å². The number of aliphatic hydroxyl groups excluding tert-OH is 1. The number of carbonyl (C=O) groups is 1. The van der Waals surface area contributed by atoms with Crippen LogP contribution in [0.25, 0.3) is 0 Å². The molecule has 0 bridgehead atoms. The Morgan fingerprint density at radius 3 is 2.60 bits per heavy atom. The molecule has 8 heteroatoms. The summed E-state index contributed by atoms with van der Waals surface area (Å²) in [5, 5.41) is 18.1. The van der Waals surface area contributed by atoms with E-state index in [9.17, 15) is 13.2 Å². The number of hydrogen-bond acceptors (Lipinski definition) is 5. The molecule has 7 nitrogen and oxygen atoms in total. The zero-order chi connectivity index (χ0) is 15.3. The van der Waals surface area contributed by atoms with Crippen molar-refractivity contribution in [2.24, 2.45) is 0 Å². The third-order valence-corrected chi connectivity index (χ3v) is 3.78. The van der Waals surface area contributed by atoms with E-state index in [0.29, 0.717) is 0 Å². The molecule has 0 heterocycles. The normalized spacial score (nSPS) is 12.9. The quantitative estimate of drug-likeness (QED) is 0.674. The van der Waals surface area contributed by atoms with Crippen molar-refractivity contribution in [3.63, 3.8) is 0 Å². The number of carboxylic acid groups (broad SMARTS) is 1. The van der Waals surface area contributed by atoms with E-state index in [0.717, 1.165) is 6.07 Å². The summed E-state index contributed by atoms with van der Waals surface area (Å²) in [7, 11) is -3.87. The second-order valence-corrected chi connectivity index (χ2v) is 5.86. The number of aromatic carboxylic acids is 1. The summed E-state index contributed by atoms with van der Waals surface area (Å²) in [5.41, 5.74) is -0.230. The topological polar surface area (TPSA) is 113 Å². The van der Waals surface area contributed by atoms with Crippen molar-refractivity contribution >= 4 is 16.0 Å². The maximum atomic E-state index is 11.9. The molecule has 0 amide bonds. The van der Waals surface area contributed by atoms with Crippen molar-refractivity contribution in [1.82, 2.24) is 4.72 Å². The minimum absolute atomic E-state index is 0.106. The lowest BCUT2D eigenvalue weighted by atomic mass is 10.2. The van der Waals surface area contributed by atoms with Gasteiger partial charge in [-0.25, -0.2) is 17.9 Å². The second kappa shape index (κ2) is 6.69. The van der Waals surface area contributed by atoms with Gasteiger partial charge < -0.3 is 14.9 Å². The molecular formula is C12H17NO6S. The molecule has 112 valence electrons. The molecule has 0 spiro atoms. The Kier molecular flexibility index (Phi) is 5.49. The van der Waals surface area contributed by atoms with Gasteiger partial charge in [-0.05, 0) is 32.0 Å². The molecule has 0 aromatic heterocycles. The molecule has 20 heavy (non-hydrogen) atoms. The van der Waals surface area contributed by atoms with Crippen molar-refractivity contribution in [2.45, 2.75) is 24.8 Å². The molecule has 1 atom stereocenters. The first-order valence-corrected chi connectivity index (χ1v) is 7.44. The predicted octanol–water partition coefficient (Wildman–Crippen LogP) is 0.443. The molecule has 0 saturated heterocycles. The highest BCUT2D eigenvalue weighted by Gasteiger charge is 2.19. The molecule has 0 saturated carbocycles. The van der Waals surface area contributed by atoms with Crippen molar-refractivity contribution in [2.75, 3.05) is 13.2 Å². The summed E-state index contributed by atoms with van der Waals surface area (Å²) in [5.74, 6) is -1.17. The Morgan fingerprint density at radius 2 is 2.10 bits per heavy atom. The predicted molar refractivity (Wildman–Crippen MR) is 71.4 cm³/mol. The van der Waals surface area contributed by atoms with Crippen molar-refractivity contribution in [3.05, 3.63) is 23.8 Å². The van der Waals surface area contributed by atoms with Gasteiger partial charge in [0.05, 0.1) is 17.6 Å². The van der Waals surface area contributed by atoms with Crippen LogP contribution in [0.3, 0.4) is 0 Å². The first kappa shape index (κ1) is 16.4. The Hall–Kier alpha value is -1.64. The third kappa shape index (κ3) is 4.19. The van der Waals surface area contributed by atoms with E-state index in [-0.39, 0.29) is 29.4 Å². The Balaban J connectivity index is 3.14. The molecule has 1 unspecified atom stereocenters. The molecule has 1 rings (SSSR count). The average molecular weight is 303 g/mol. The van der Waals surface area contributed by atoms with Crippen molar-refractivity contribution in [1.29, 1.82) is 0 Å². The van der Waals surface area contributed by atoms with Crippen LogP contribution in [0.1, 0.15) is 24.2 Å². The van der Waals surface area contributed by atoms with Gasteiger partial charge in [-0.15, -0.1) is 0 Å². The fourth-order valence-electron chi connectivity index (χ4n) is 1.44. The number of nitrogens with one attached hydrogen (secondary N) is 1. The van der Waals surface area contributed by atoms with E-state index in [1.807, 2.05) is 0 Å². The number of carboxylic acids is 1. The third-order valence-electron chi connectivity index (χ3n) is 2.36. The summed E-state index contributed by atoms with van der Waals surface area (Å²) in [6.07, 6.45) is -0.841. The molecule has 0 aliphatic carbocycles. The standard InChI is InChI=1S/C12H17NO6S/c1-3-19-11-5-4-9(6-10(11)12(15)16)20(17,18)13-7-8(2)14/h4-6,8,13-14H,3,7H2,1-2H3,(H,15,16). The molecule has 1 aromatic carbocycles. The van der Waals surface area contributed by atoms with E-state index >= 15 is 0 Å². The lowest BCUT2D eigenvalue weighted by Gasteiger charge is -2.11. The van der Waals surface area contributed by atoms with E-state index in [2.05, 4.69) is 4.72 Å². The fourth-order valence-corrected chi connectivity index (χ4v) is 2.59. The number of hydrogen-bond donors (Lipinski definition) is 3. The van der Waals surface area contributed by atoms with Crippen molar-refractivity contribution < 1.29 is 28.2 Å². The zero-order valence-electron chi connectivity index (χ0n) is 11.2. The minimum atomic E-state index is -3.87. The highest BCUT2D eigenvalue weighted by molar-refractivity contribution is 7.89. The van der Waals surface area contributed by atoms with Gasteiger partial charge in [0.2, 0.25) is 10.0 Å². The van der Waals surface area contributed by atoms with Crippen LogP contribution in [0.5, 0.6) is 5.75 Å².